The minimum absolute atomic E-state index is 0.464. The first-order chi connectivity index (χ1) is 8.57. The number of fused-ring (bicyclic) bond motifs is 1. The molecule has 0 radical (unpaired) electrons. The Morgan fingerprint density at radius 3 is 2.67 bits per heavy atom. The molecule has 3 rings (SSSR count). The fraction of sp³-hybridized carbons (Fsp3) is 0.538. The minimum Gasteiger partial charge on any atom is -0.195 e. The predicted octanol–water partition coefficient (Wildman–Crippen LogP) is 1.17. The molecule has 0 aromatic heterocycles. The van der Waals surface area contributed by atoms with Crippen molar-refractivity contribution < 1.29 is 8.42 Å². The van der Waals surface area contributed by atoms with Crippen molar-refractivity contribution in [1.29, 1.82) is 0 Å². The molecule has 0 amide bonds. The maximum Gasteiger partial charge on any atom is 0.282 e. The third-order valence-corrected chi connectivity index (χ3v) is 5.63. The Hall–Kier alpha value is -0.910. The molecule has 1 aliphatic carbocycles. The standard InChI is InChI=1S/C13H18N2O2S/c1-14(18(16,17)15-7-8-15)10-11-5-6-12-3-2-4-13(12)9-11/h5-6,9H,2-4,7-8,10H2,1H3. The van der Waals surface area contributed by atoms with Gasteiger partial charge >= 0.3 is 0 Å². The maximum atomic E-state index is 12.0. The SMILES string of the molecule is CN(Cc1ccc2c(c1)CCC2)S(=O)(=O)N1CC1. The molecule has 4 nitrogen and oxygen atoms in total. The summed E-state index contributed by atoms with van der Waals surface area (Å²) in [5.74, 6) is 0. The van der Waals surface area contributed by atoms with Crippen molar-refractivity contribution in [3.05, 3.63) is 34.9 Å². The molecule has 18 heavy (non-hydrogen) atoms. The Morgan fingerprint density at radius 2 is 1.94 bits per heavy atom. The molecule has 1 saturated heterocycles. The summed E-state index contributed by atoms with van der Waals surface area (Å²) in [4.78, 5) is 0. The third-order valence-electron chi connectivity index (χ3n) is 3.69. The van der Waals surface area contributed by atoms with Crippen LogP contribution in [0.15, 0.2) is 18.2 Å². The summed E-state index contributed by atoms with van der Waals surface area (Å²) in [7, 11) is -1.56. The van der Waals surface area contributed by atoms with Crippen LogP contribution in [0.4, 0.5) is 0 Å². The molecule has 1 aromatic rings. The molecule has 0 saturated carbocycles. The van der Waals surface area contributed by atoms with Crippen LogP contribution in [0.25, 0.3) is 0 Å². The summed E-state index contributed by atoms with van der Waals surface area (Å²) in [6.45, 7) is 1.79. The zero-order chi connectivity index (χ0) is 12.8. The largest absolute Gasteiger partial charge is 0.282 e. The van der Waals surface area contributed by atoms with E-state index in [0.717, 1.165) is 18.4 Å². The summed E-state index contributed by atoms with van der Waals surface area (Å²) in [6.07, 6.45) is 3.52. The highest BCUT2D eigenvalue weighted by molar-refractivity contribution is 7.86. The summed E-state index contributed by atoms with van der Waals surface area (Å²) in [5.41, 5.74) is 3.91. The summed E-state index contributed by atoms with van der Waals surface area (Å²) in [5, 5.41) is 0. The second-order valence-electron chi connectivity index (χ2n) is 5.12. The van der Waals surface area contributed by atoms with Gasteiger partial charge in [0.25, 0.3) is 10.2 Å². The van der Waals surface area contributed by atoms with Crippen molar-refractivity contribution in [1.82, 2.24) is 8.61 Å². The van der Waals surface area contributed by atoms with E-state index in [0.29, 0.717) is 19.6 Å². The molecule has 0 atom stereocenters. The second kappa shape index (κ2) is 4.33. The highest BCUT2D eigenvalue weighted by atomic mass is 32.2. The van der Waals surface area contributed by atoms with E-state index >= 15 is 0 Å². The molecular formula is C13H18N2O2S. The number of nitrogens with zero attached hydrogens (tertiary/aromatic N) is 2. The molecule has 1 aromatic carbocycles. The van der Waals surface area contributed by atoms with Gasteiger partial charge < -0.3 is 0 Å². The minimum atomic E-state index is -3.21. The zero-order valence-electron chi connectivity index (χ0n) is 10.6. The monoisotopic (exact) mass is 266 g/mol. The van der Waals surface area contributed by atoms with E-state index in [4.69, 9.17) is 0 Å². The average molecular weight is 266 g/mol. The van der Waals surface area contributed by atoms with Gasteiger partial charge in [0.1, 0.15) is 0 Å². The van der Waals surface area contributed by atoms with E-state index in [1.165, 1.54) is 26.2 Å². The average Bonchev–Trinajstić information content (AvgIpc) is 3.09. The van der Waals surface area contributed by atoms with Gasteiger partial charge in [-0.25, -0.2) is 0 Å². The molecule has 1 heterocycles. The lowest BCUT2D eigenvalue weighted by Crippen LogP contribution is -2.31. The Morgan fingerprint density at radius 1 is 1.22 bits per heavy atom. The van der Waals surface area contributed by atoms with Crippen molar-refractivity contribution in [2.24, 2.45) is 0 Å². The van der Waals surface area contributed by atoms with Crippen molar-refractivity contribution in [3.63, 3.8) is 0 Å². The molecule has 98 valence electrons. The quantitative estimate of drug-likeness (QED) is 0.768. The number of hydrogen-bond acceptors (Lipinski definition) is 2. The Labute approximate surface area is 108 Å². The molecule has 1 fully saturated rings. The number of rotatable bonds is 4. The smallest absolute Gasteiger partial charge is 0.195 e. The van der Waals surface area contributed by atoms with Crippen LogP contribution in [0.3, 0.4) is 0 Å². The normalized spacial score (nSPS) is 19.2. The van der Waals surface area contributed by atoms with Gasteiger partial charge in [-0.05, 0) is 36.0 Å². The molecule has 0 unspecified atom stereocenters. The number of hydrogen-bond donors (Lipinski definition) is 0. The van der Waals surface area contributed by atoms with Gasteiger partial charge in [0.2, 0.25) is 0 Å². The van der Waals surface area contributed by atoms with E-state index in [9.17, 15) is 8.42 Å². The lowest BCUT2D eigenvalue weighted by molar-refractivity contribution is 0.439. The second-order valence-corrected chi connectivity index (χ2v) is 7.15. The molecule has 0 N–H and O–H groups in total. The van der Waals surface area contributed by atoms with Crippen molar-refractivity contribution in [2.45, 2.75) is 25.8 Å². The molecular weight excluding hydrogens is 248 g/mol. The van der Waals surface area contributed by atoms with Crippen LogP contribution in [-0.4, -0.2) is 37.2 Å². The first kappa shape index (κ1) is 12.1. The van der Waals surface area contributed by atoms with Crippen LogP contribution >= 0.6 is 0 Å². The molecule has 2 aliphatic rings. The highest BCUT2D eigenvalue weighted by Gasteiger charge is 2.35. The Balaban J connectivity index is 1.76. The lowest BCUT2D eigenvalue weighted by atomic mass is 10.1. The fourth-order valence-electron chi connectivity index (χ4n) is 2.53. The molecule has 5 heteroatoms. The van der Waals surface area contributed by atoms with Gasteiger partial charge in [0.05, 0.1) is 0 Å². The van der Waals surface area contributed by atoms with Gasteiger partial charge in [0.15, 0.2) is 0 Å². The van der Waals surface area contributed by atoms with Crippen LogP contribution in [0, 0.1) is 0 Å². The van der Waals surface area contributed by atoms with Gasteiger partial charge in [-0.1, -0.05) is 18.2 Å². The summed E-state index contributed by atoms with van der Waals surface area (Å²) in [6, 6.07) is 6.37. The van der Waals surface area contributed by atoms with E-state index in [1.54, 1.807) is 7.05 Å². The number of aryl methyl sites for hydroxylation is 2. The third kappa shape index (κ3) is 2.18. The van der Waals surface area contributed by atoms with Gasteiger partial charge in [0, 0.05) is 26.7 Å². The first-order valence-electron chi connectivity index (χ1n) is 6.39. The predicted molar refractivity (Wildman–Crippen MR) is 70.4 cm³/mol. The lowest BCUT2D eigenvalue weighted by Gasteiger charge is -2.17. The fourth-order valence-corrected chi connectivity index (χ4v) is 3.78. The molecule has 0 spiro atoms. The Kier molecular flexibility index (Phi) is 2.92. The van der Waals surface area contributed by atoms with Crippen molar-refractivity contribution in [2.75, 3.05) is 20.1 Å². The zero-order valence-corrected chi connectivity index (χ0v) is 11.4. The van der Waals surface area contributed by atoms with Crippen LogP contribution in [-0.2, 0) is 29.6 Å². The van der Waals surface area contributed by atoms with Crippen LogP contribution in [0.5, 0.6) is 0 Å². The van der Waals surface area contributed by atoms with Crippen LogP contribution in [0.2, 0.25) is 0 Å². The van der Waals surface area contributed by atoms with E-state index in [-0.39, 0.29) is 0 Å². The van der Waals surface area contributed by atoms with Gasteiger partial charge in [-0.3, -0.25) is 0 Å². The van der Waals surface area contributed by atoms with E-state index in [1.807, 2.05) is 0 Å². The Bertz CT molecular complexity index is 564. The topological polar surface area (TPSA) is 40.4 Å². The highest BCUT2D eigenvalue weighted by Crippen LogP contribution is 2.24. The molecule has 1 aliphatic heterocycles. The molecule has 0 bridgehead atoms. The van der Waals surface area contributed by atoms with Crippen molar-refractivity contribution in [3.8, 4) is 0 Å². The van der Waals surface area contributed by atoms with Gasteiger partial charge in [-0.2, -0.15) is 17.0 Å². The van der Waals surface area contributed by atoms with E-state index in [2.05, 4.69) is 18.2 Å². The summed E-state index contributed by atoms with van der Waals surface area (Å²) >= 11 is 0. The first-order valence-corrected chi connectivity index (χ1v) is 7.79. The van der Waals surface area contributed by atoms with E-state index < -0.39 is 10.2 Å². The number of benzene rings is 1. The van der Waals surface area contributed by atoms with Gasteiger partial charge in [-0.15, -0.1) is 0 Å². The summed E-state index contributed by atoms with van der Waals surface area (Å²) < 4.78 is 26.9. The van der Waals surface area contributed by atoms with Crippen molar-refractivity contribution >= 4 is 10.2 Å². The van der Waals surface area contributed by atoms with Crippen LogP contribution in [0.1, 0.15) is 23.1 Å². The maximum absolute atomic E-state index is 12.0. The van der Waals surface area contributed by atoms with Crippen LogP contribution < -0.4 is 0 Å².